The maximum atomic E-state index is 11.4. The normalized spacial score (nSPS) is 10.4. The zero-order chi connectivity index (χ0) is 9.97. The number of fused-ring (bicyclic) bond motifs is 1. The molecule has 1 aromatic carbocycles. The summed E-state index contributed by atoms with van der Waals surface area (Å²) in [5, 5.41) is 0.691. The highest BCUT2D eigenvalue weighted by Gasteiger charge is 1.99. The summed E-state index contributed by atoms with van der Waals surface area (Å²) in [6.07, 6.45) is 1.64. The third kappa shape index (κ3) is 1.48. The SMILES string of the molecule is CCOc1ccc2c(=O)cc[nH]c2c1. The molecule has 0 aliphatic carbocycles. The number of aromatic amines is 1. The first-order chi connectivity index (χ1) is 6.81. The van der Waals surface area contributed by atoms with Crippen molar-refractivity contribution in [2.24, 2.45) is 0 Å². The molecule has 1 heterocycles. The summed E-state index contributed by atoms with van der Waals surface area (Å²) in [7, 11) is 0. The van der Waals surface area contributed by atoms with E-state index in [2.05, 4.69) is 4.98 Å². The molecule has 0 saturated carbocycles. The summed E-state index contributed by atoms with van der Waals surface area (Å²) >= 11 is 0. The van der Waals surface area contributed by atoms with Crippen LogP contribution in [0.3, 0.4) is 0 Å². The topological polar surface area (TPSA) is 42.1 Å². The average Bonchev–Trinajstić information content (AvgIpc) is 2.18. The van der Waals surface area contributed by atoms with Crippen molar-refractivity contribution < 1.29 is 4.74 Å². The van der Waals surface area contributed by atoms with E-state index in [1.165, 1.54) is 6.07 Å². The molecule has 14 heavy (non-hydrogen) atoms. The first-order valence-electron chi connectivity index (χ1n) is 4.55. The van der Waals surface area contributed by atoms with Gasteiger partial charge >= 0.3 is 0 Å². The maximum absolute atomic E-state index is 11.4. The Kier molecular flexibility index (Phi) is 2.23. The molecule has 0 spiro atoms. The zero-order valence-electron chi connectivity index (χ0n) is 7.91. The molecule has 1 aromatic heterocycles. The number of H-pyrrole nitrogens is 1. The van der Waals surface area contributed by atoms with Crippen molar-refractivity contribution in [3.8, 4) is 5.75 Å². The maximum Gasteiger partial charge on any atom is 0.189 e. The number of pyridine rings is 1. The molecule has 0 radical (unpaired) electrons. The largest absolute Gasteiger partial charge is 0.494 e. The van der Waals surface area contributed by atoms with Crippen LogP contribution in [0.25, 0.3) is 10.9 Å². The Labute approximate surface area is 81.3 Å². The fraction of sp³-hybridized carbons (Fsp3) is 0.182. The molecule has 0 bridgehead atoms. The van der Waals surface area contributed by atoms with Crippen LogP contribution in [0.4, 0.5) is 0 Å². The fourth-order valence-electron chi connectivity index (χ4n) is 1.41. The third-order valence-corrected chi connectivity index (χ3v) is 2.04. The van der Waals surface area contributed by atoms with Crippen LogP contribution in [-0.2, 0) is 0 Å². The van der Waals surface area contributed by atoms with Gasteiger partial charge in [-0.2, -0.15) is 0 Å². The number of hydrogen-bond acceptors (Lipinski definition) is 2. The van der Waals surface area contributed by atoms with Crippen molar-refractivity contribution in [1.82, 2.24) is 4.98 Å². The van der Waals surface area contributed by atoms with Gasteiger partial charge in [0.1, 0.15) is 5.75 Å². The number of aromatic nitrogens is 1. The van der Waals surface area contributed by atoms with Crippen LogP contribution in [0.1, 0.15) is 6.92 Å². The summed E-state index contributed by atoms with van der Waals surface area (Å²) in [5.74, 6) is 0.779. The molecule has 0 unspecified atom stereocenters. The Morgan fingerprint density at radius 1 is 1.36 bits per heavy atom. The van der Waals surface area contributed by atoms with Gasteiger partial charge in [0.15, 0.2) is 5.43 Å². The minimum atomic E-state index is 0.0294. The highest BCUT2D eigenvalue weighted by atomic mass is 16.5. The first kappa shape index (κ1) is 8.81. The minimum absolute atomic E-state index is 0.0294. The van der Waals surface area contributed by atoms with E-state index < -0.39 is 0 Å². The van der Waals surface area contributed by atoms with Gasteiger partial charge in [0.25, 0.3) is 0 Å². The summed E-state index contributed by atoms with van der Waals surface area (Å²) in [6, 6.07) is 6.93. The van der Waals surface area contributed by atoms with Crippen LogP contribution < -0.4 is 10.2 Å². The molecule has 1 N–H and O–H groups in total. The second-order valence-electron chi connectivity index (χ2n) is 2.98. The van der Waals surface area contributed by atoms with Gasteiger partial charge in [0.05, 0.1) is 12.1 Å². The van der Waals surface area contributed by atoms with E-state index in [9.17, 15) is 4.79 Å². The Hall–Kier alpha value is -1.77. The lowest BCUT2D eigenvalue weighted by molar-refractivity contribution is 0.340. The molecule has 3 heteroatoms. The second kappa shape index (κ2) is 3.54. The molecular weight excluding hydrogens is 178 g/mol. The number of nitrogens with one attached hydrogen (secondary N) is 1. The molecule has 0 aliphatic heterocycles. The van der Waals surface area contributed by atoms with Crippen LogP contribution >= 0.6 is 0 Å². The van der Waals surface area contributed by atoms with Crippen LogP contribution in [0.5, 0.6) is 5.75 Å². The number of ether oxygens (including phenoxy) is 1. The summed E-state index contributed by atoms with van der Waals surface area (Å²) < 4.78 is 5.33. The lowest BCUT2D eigenvalue weighted by Gasteiger charge is -2.03. The highest BCUT2D eigenvalue weighted by Crippen LogP contribution is 2.16. The van der Waals surface area contributed by atoms with Crippen LogP contribution in [0.15, 0.2) is 35.3 Å². The van der Waals surface area contributed by atoms with Crippen LogP contribution in [-0.4, -0.2) is 11.6 Å². The molecule has 0 amide bonds. The molecule has 0 aliphatic rings. The summed E-state index contributed by atoms with van der Waals surface area (Å²) in [6.45, 7) is 2.56. The molecular formula is C11H11NO2. The van der Waals surface area contributed by atoms with Gasteiger partial charge in [0, 0.05) is 23.7 Å². The monoisotopic (exact) mass is 189 g/mol. The Bertz CT molecular complexity index is 502. The van der Waals surface area contributed by atoms with Crippen molar-refractivity contribution in [3.05, 3.63) is 40.7 Å². The van der Waals surface area contributed by atoms with Gasteiger partial charge in [-0.25, -0.2) is 0 Å². The molecule has 2 rings (SSSR count). The van der Waals surface area contributed by atoms with E-state index in [4.69, 9.17) is 4.74 Å². The zero-order valence-corrected chi connectivity index (χ0v) is 7.91. The van der Waals surface area contributed by atoms with Crippen molar-refractivity contribution in [1.29, 1.82) is 0 Å². The van der Waals surface area contributed by atoms with Gasteiger partial charge in [-0.15, -0.1) is 0 Å². The smallest absolute Gasteiger partial charge is 0.189 e. The van der Waals surface area contributed by atoms with E-state index in [0.29, 0.717) is 12.0 Å². The first-order valence-corrected chi connectivity index (χ1v) is 4.55. The summed E-state index contributed by atoms with van der Waals surface area (Å²) in [4.78, 5) is 14.4. The summed E-state index contributed by atoms with van der Waals surface area (Å²) in [5.41, 5.74) is 0.838. The second-order valence-corrected chi connectivity index (χ2v) is 2.98. The van der Waals surface area contributed by atoms with Gasteiger partial charge in [-0.1, -0.05) is 0 Å². The van der Waals surface area contributed by atoms with Crippen molar-refractivity contribution in [3.63, 3.8) is 0 Å². The predicted octanol–water partition coefficient (Wildman–Crippen LogP) is 1.93. The van der Waals surface area contributed by atoms with Crippen molar-refractivity contribution >= 4 is 10.9 Å². The highest BCUT2D eigenvalue weighted by molar-refractivity contribution is 5.79. The Morgan fingerprint density at radius 3 is 3.00 bits per heavy atom. The van der Waals surface area contributed by atoms with Gasteiger partial charge in [0.2, 0.25) is 0 Å². The molecule has 3 nitrogen and oxygen atoms in total. The number of rotatable bonds is 2. The van der Waals surface area contributed by atoms with E-state index in [1.54, 1.807) is 18.3 Å². The molecule has 72 valence electrons. The predicted molar refractivity (Wildman–Crippen MR) is 55.7 cm³/mol. The molecule has 0 atom stereocenters. The van der Waals surface area contributed by atoms with E-state index >= 15 is 0 Å². The van der Waals surface area contributed by atoms with Gasteiger partial charge in [-0.05, 0) is 19.1 Å². The lowest BCUT2D eigenvalue weighted by atomic mass is 10.2. The van der Waals surface area contributed by atoms with Gasteiger partial charge in [-0.3, -0.25) is 4.79 Å². The van der Waals surface area contributed by atoms with Crippen molar-refractivity contribution in [2.45, 2.75) is 6.92 Å². The van der Waals surface area contributed by atoms with Crippen LogP contribution in [0, 0.1) is 0 Å². The van der Waals surface area contributed by atoms with Crippen LogP contribution in [0.2, 0.25) is 0 Å². The quantitative estimate of drug-likeness (QED) is 0.784. The third-order valence-electron chi connectivity index (χ3n) is 2.04. The number of hydrogen-bond donors (Lipinski definition) is 1. The van der Waals surface area contributed by atoms with Crippen molar-refractivity contribution in [2.75, 3.05) is 6.61 Å². The Balaban J connectivity index is 2.61. The standard InChI is InChI=1S/C11H11NO2/c1-2-14-8-3-4-9-10(7-8)12-6-5-11(9)13/h3-7H,2H2,1H3,(H,12,13). The van der Waals surface area contributed by atoms with E-state index in [1.807, 2.05) is 13.0 Å². The van der Waals surface area contributed by atoms with E-state index in [-0.39, 0.29) is 5.43 Å². The molecule has 0 fully saturated rings. The van der Waals surface area contributed by atoms with E-state index in [0.717, 1.165) is 11.3 Å². The lowest BCUT2D eigenvalue weighted by Crippen LogP contribution is -2.00. The molecule has 0 saturated heterocycles. The number of benzene rings is 1. The minimum Gasteiger partial charge on any atom is -0.494 e. The average molecular weight is 189 g/mol. The Morgan fingerprint density at radius 2 is 2.21 bits per heavy atom. The van der Waals surface area contributed by atoms with Gasteiger partial charge < -0.3 is 9.72 Å². The fourth-order valence-corrected chi connectivity index (χ4v) is 1.41. The molecule has 2 aromatic rings.